The van der Waals surface area contributed by atoms with Crippen molar-refractivity contribution in [3.05, 3.63) is 94.6 Å². The van der Waals surface area contributed by atoms with Gasteiger partial charge in [0.15, 0.2) is 6.10 Å². The van der Waals surface area contributed by atoms with Crippen molar-refractivity contribution in [2.75, 3.05) is 5.32 Å². The van der Waals surface area contributed by atoms with E-state index in [1.54, 1.807) is 7.05 Å². The summed E-state index contributed by atoms with van der Waals surface area (Å²) in [6.07, 6.45) is -5.73. The van der Waals surface area contributed by atoms with Crippen LogP contribution in [0.5, 0.6) is 11.8 Å². The molecule has 1 unspecified atom stereocenters. The van der Waals surface area contributed by atoms with E-state index in [0.29, 0.717) is 6.07 Å². The lowest BCUT2D eigenvalue weighted by Crippen LogP contribution is -2.32. The van der Waals surface area contributed by atoms with Crippen molar-refractivity contribution in [3.63, 3.8) is 0 Å². The molecule has 0 aliphatic carbocycles. The van der Waals surface area contributed by atoms with E-state index in [9.17, 15) is 22.4 Å². The minimum absolute atomic E-state index is 0.0201. The van der Waals surface area contributed by atoms with Crippen LogP contribution in [0.3, 0.4) is 0 Å². The highest BCUT2D eigenvalue weighted by Gasteiger charge is 2.39. The van der Waals surface area contributed by atoms with Crippen molar-refractivity contribution in [1.29, 1.82) is 0 Å². The van der Waals surface area contributed by atoms with Crippen LogP contribution < -0.4 is 14.8 Å². The summed E-state index contributed by atoms with van der Waals surface area (Å²) in [5, 5.41) is 2.00. The van der Waals surface area contributed by atoms with Crippen molar-refractivity contribution in [2.24, 2.45) is 7.05 Å². The zero-order valence-electron chi connectivity index (χ0n) is 20.5. The first kappa shape index (κ1) is 27.9. The number of alkyl halides is 3. The van der Waals surface area contributed by atoms with Crippen LogP contribution in [0.15, 0.2) is 66.9 Å². The van der Waals surface area contributed by atoms with Gasteiger partial charge in [0, 0.05) is 18.8 Å². The number of amides is 1. The van der Waals surface area contributed by atoms with Crippen molar-refractivity contribution < 1.29 is 36.2 Å². The van der Waals surface area contributed by atoms with Gasteiger partial charge in [-0.2, -0.15) is 18.2 Å². The van der Waals surface area contributed by atoms with Gasteiger partial charge in [0.25, 0.3) is 11.9 Å². The molecule has 1 heterocycles. The second kappa shape index (κ2) is 11.3. The molecule has 0 bridgehead atoms. The Morgan fingerprint density at radius 3 is 2.46 bits per heavy atom. The minimum atomic E-state index is -4.79. The number of halogens is 6. The van der Waals surface area contributed by atoms with Crippen LogP contribution in [-0.2, 0) is 13.7 Å². The molecule has 1 atom stereocenters. The molecule has 0 saturated heterocycles. The predicted molar refractivity (Wildman–Crippen MR) is 135 cm³/mol. The number of aromatic nitrogens is 2. The van der Waals surface area contributed by atoms with E-state index in [1.807, 2.05) is 30.3 Å². The van der Waals surface area contributed by atoms with Gasteiger partial charge in [-0.15, -0.1) is 0 Å². The summed E-state index contributed by atoms with van der Waals surface area (Å²) >= 11 is 5.93. The number of aryl methyl sites for hydroxylation is 1. The fourth-order valence-electron chi connectivity index (χ4n) is 3.52. The summed E-state index contributed by atoms with van der Waals surface area (Å²) in [6.45, 7) is 0.900. The molecule has 3 aromatic carbocycles. The normalized spacial score (nSPS) is 12.2. The van der Waals surface area contributed by atoms with Gasteiger partial charge in [-0.05, 0) is 36.8 Å². The fourth-order valence-corrected chi connectivity index (χ4v) is 3.73. The van der Waals surface area contributed by atoms with Crippen molar-refractivity contribution >= 4 is 23.2 Å². The average Bonchev–Trinajstić information content (AvgIpc) is 3.25. The van der Waals surface area contributed by atoms with E-state index in [2.05, 4.69) is 10.3 Å². The van der Waals surface area contributed by atoms with E-state index in [4.69, 9.17) is 21.1 Å². The Kier molecular flexibility index (Phi) is 8.10. The molecule has 0 saturated carbocycles. The van der Waals surface area contributed by atoms with Gasteiger partial charge in [0.1, 0.15) is 24.0 Å². The van der Waals surface area contributed by atoms with Gasteiger partial charge in [-0.3, -0.25) is 4.79 Å². The number of nitrogens with zero attached hydrogens (tertiary/aromatic N) is 2. The Morgan fingerprint density at radius 2 is 1.79 bits per heavy atom. The molecule has 0 fully saturated rings. The lowest BCUT2D eigenvalue weighted by molar-refractivity contribution is -0.189. The Hall–Kier alpha value is -4.12. The molecule has 4 rings (SSSR count). The molecular formula is C27H21ClF5N3O3. The van der Waals surface area contributed by atoms with E-state index in [1.165, 1.54) is 22.9 Å². The third-order valence-electron chi connectivity index (χ3n) is 5.60. The van der Waals surface area contributed by atoms with E-state index >= 15 is 4.39 Å². The van der Waals surface area contributed by atoms with Crippen LogP contribution in [-0.4, -0.2) is 27.7 Å². The lowest BCUT2D eigenvalue weighted by Gasteiger charge is -2.20. The van der Waals surface area contributed by atoms with E-state index in [-0.39, 0.29) is 28.9 Å². The molecule has 1 N–H and O–H groups in total. The number of benzene rings is 3. The average molecular weight is 566 g/mol. The molecule has 39 heavy (non-hydrogen) atoms. The summed E-state index contributed by atoms with van der Waals surface area (Å²) in [6, 6.07) is 14.5. The molecule has 0 aliphatic heterocycles. The molecule has 12 heteroatoms. The molecule has 0 radical (unpaired) electrons. The second-order valence-electron chi connectivity index (χ2n) is 8.47. The van der Waals surface area contributed by atoms with E-state index in [0.717, 1.165) is 24.6 Å². The Bertz CT molecular complexity index is 1470. The first-order chi connectivity index (χ1) is 18.4. The van der Waals surface area contributed by atoms with Gasteiger partial charge in [-0.25, -0.2) is 8.78 Å². The topological polar surface area (TPSA) is 65.4 Å². The number of para-hydroxylation sites is 1. The van der Waals surface area contributed by atoms with Gasteiger partial charge in [0.2, 0.25) is 0 Å². The molecule has 0 spiro atoms. The number of imidazole rings is 1. The predicted octanol–water partition coefficient (Wildman–Crippen LogP) is 7.18. The number of carbonyl (C=O) groups is 1. The lowest BCUT2D eigenvalue weighted by atomic mass is 10.1. The molecule has 0 aliphatic rings. The highest BCUT2D eigenvalue weighted by molar-refractivity contribution is 6.34. The SMILES string of the molecule is CC(Oc1cc(-c2cn(C)c(OCc3ccccc3)n2)c(F)cc1C(=O)Nc1c(F)cccc1Cl)C(F)(F)F. The van der Waals surface area contributed by atoms with Crippen LogP contribution in [0.1, 0.15) is 22.8 Å². The summed E-state index contributed by atoms with van der Waals surface area (Å²) in [7, 11) is 1.60. The number of nitrogens with one attached hydrogen (secondary N) is 1. The standard InChI is InChI=1S/C27H21ClF5N3O3/c1-15(27(31,32)33)39-23-12-17(22-13-36(2)26(34-22)38-14-16-7-4-3-5-8-16)21(30)11-18(23)25(37)35-24-19(28)9-6-10-20(24)29/h3-13,15H,14H2,1-2H3,(H,35,37). The van der Waals surface area contributed by atoms with Crippen molar-refractivity contribution in [1.82, 2.24) is 9.55 Å². The number of hydrogen-bond donors (Lipinski definition) is 1. The van der Waals surface area contributed by atoms with Crippen LogP contribution in [0.2, 0.25) is 5.02 Å². The number of rotatable bonds is 8. The maximum Gasteiger partial charge on any atom is 0.425 e. The highest BCUT2D eigenvalue weighted by atomic mass is 35.5. The Balaban J connectivity index is 1.70. The monoisotopic (exact) mass is 565 g/mol. The third kappa shape index (κ3) is 6.48. The van der Waals surface area contributed by atoms with Crippen molar-refractivity contribution in [3.8, 4) is 23.0 Å². The minimum Gasteiger partial charge on any atom is -0.480 e. The summed E-state index contributed by atoms with van der Waals surface area (Å²) in [5.41, 5.74) is -0.399. The molecular weight excluding hydrogens is 545 g/mol. The zero-order valence-corrected chi connectivity index (χ0v) is 21.3. The van der Waals surface area contributed by atoms with E-state index < -0.39 is 46.8 Å². The Morgan fingerprint density at radius 1 is 1.08 bits per heavy atom. The van der Waals surface area contributed by atoms with Crippen molar-refractivity contribution in [2.45, 2.75) is 25.8 Å². The first-order valence-electron chi connectivity index (χ1n) is 11.5. The second-order valence-corrected chi connectivity index (χ2v) is 8.88. The largest absolute Gasteiger partial charge is 0.480 e. The van der Waals surface area contributed by atoms with Gasteiger partial charge in [-0.1, -0.05) is 48.0 Å². The van der Waals surface area contributed by atoms with Gasteiger partial charge >= 0.3 is 6.18 Å². The molecule has 1 aromatic heterocycles. The maximum absolute atomic E-state index is 15.3. The summed E-state index contributed by atoms with van der Waals surface area (Å²) in [4.78, 5) is 17.2. The van der Waals surface area contributed by atoms with Crippen LogP contribution in [0.4, 0.5) is 27.6 Å². The fraction of sp³-hybridized carbons (Fsp3) is 0.185. The number of anilines is 1. The van der Waals surface area contributed by atoms with Crippen LogP contribution >= 0.6 is 11.6 Å². The maximum atomic E-state index is 15.3. The number of carbonyl (C=O) groups excluding carboxylic acids is 1. The summed E-state index contributed by atoms with van der Waals surface area (Å²) in [5.74, 6) is -3.61. The number of ether oxygens (including phenoxy) is 2. The quantitative estimate of drug-likeness (QED) is 0.230. The molecule has 4 aromatic rings. The number of hydrogen-bond acceptors (Lipinski definition) is 4. The van der Waals surface area contributed by atoms with Gasteiger partial charge < -0.3 is 19.4 Å². The highest BCUT2D eigenvalue weighted by Crippen LogP contribution is 2.35. The van der Waals surface area contributed by atoms with Gasteiger partial charge in [0.05, 0.1) is 22.0 Å². The molecule has 1 amide bonds. The van der Waals surface area contributed by atoms with Crippen LogP contribution in [0.25, 0.3) is 11.3 Å². The third-order valence-corrected chi connectivity index (χ3v) is 5.92. The first-order valence-corrected chi connectivity index (χ1v) is 11.8. The Labute approximate surface area is 225 Å². The summed E-state index contributed by atoms with van der Waals surface area (Å²) < 4.78 is 81.6. The molecule has 6 nitrogen and oxygen atoms in total. The zero-order chi connectivity index (χ0) is 28.3. The molecule has 204 valence electrons. The van der Waals surface area contributed by atoms with Crippen LogP contribution in [0, 0.1) is 11.6 Å². The smallest absolute Gasteiger partial charge is 0.425 e.